The summed E-state index contributed by atoms with van der Waals surface area (Å²) < 4.78 is 0. The molecule has 1 unspecified atom stereocenters. The number of rotatable bonds is 5. The summed E-state index contributed by atoms with van der Waals surface area (Å²) in [6, 6.07) is 0.316. The molecule has 0 aliphatic carbocycles. The highest BCUT2D eigenvalue weighted by Crippen LogP contribution is 2.23. The summed E-state index contributed by atoms with van der Waals surface area (Å²) >= 11 is 0. The van der Waals surface area contributed by atoms with Crippen LogP contribution in [0.25, 0.3) is 0 Å². The molecule has 0 aromatic carbocycles. The number of hydrogen-bond donors (Lipinski definition) is 3. The molecule has 0 spiro atoms. The average Bonchev–Trinajstić information content (AvgIpc) is 2.26. The zero-order valence-electron chi connectivity index (χ0n) is 10.5. The maximum absolute atomic E-state index is 9.29. The van der Waals surface area contributed by atoms with Gasteiger partial charge in [-0.05, 0) is 32.4 Å². The highest BCUT2D eigenvalue weighted by Gasteiger charge is 2.26. The predicted molar refractivity (Wildman–Crippen MR) is 66.6 cm³/mol. The molecule has 0 amide bonds. The van der Waals surface area contributed by atoms with E-state index in [1.165, 1.54) is 12.8 Å². The van der Waals surface area contributed by atoms with E-state index in [4.69, 9.17) is 11.1 Å². The second-order valence-electron chi connectivity index (χ2n) is 5.42. The largest absolute Gasteiger partial charge is 0.395 e. The molecule has 4 N–H and O–H groups in total. The van der Waals surface area contributed by atoms with Gasteiger partial charge in [0.25, 0.3) is 0 Å². The standard InChI is InChI=1S/C12H25N3O/c1-12(2,11(13)14)6-8-15-7-4-3-5-10(15)9-16/h10,16H,3-9H2,1-2H3,(H3,13,14). The van der Waals surface area contributed by atoms with E-state index in [2.05, 4.69) is 4.90 Å². The SMILES string of the molecule is CC(C)(CCN1CCCCC1CO)C(=N)N. The molecule has 0 bridgehead atoms. The highest BCUT2D eigenvalue weighted by atomic mass is 16.3. The fourth-order valence-electron chi connectivity index (χ4n) is 2.12. The van der Waals surface area contributed by atoms with Crippen molar-refractivity contribution < 1.29 is 5.11 Å². The van der Waals surface area contributed by atoms with Gasteiger partial charge in [-0.1, -0.05) is 20.3 Å². The summed E-state index contributed by atoms with van der Waals surface area (Å²) in [6.07, 6.45) is 4.42. The van der Waals surface area contributed by atoms with Crippen molar-refractivity contribution in [1.29, 1.82) is 5.41 Å². The first-order chi connectivity index (χ1) is 7.47. The third-order valence-electron chi connectivity index (χ3n) is 3.71. The van der Waals surface area contributed by atoms with Crippen molar-refractivity contribution in [2.75, 3.05) is 19.7 Å². The topological polar surface area (TPSA) is 73.3 Å². The Morgan fingerprint density at radius 2 is 2.19 bits per heavy atom. The molecule has 4 heteroatoms. The lowest BCUT2D eigenvalue weighted by atomic mass is 9.87. The van der Waals surface area contributed by atoms with Crippen molar-refractivity contribution in [3.8, 4) is 0 Å². The number of aliphatic hydroxyl groups excluding tert-OH is 1. The lowest BCUT2D eigenvalue weighted by molar-refractivity contribution is 0.0835. The zero-order valence-corrected chi connectivity index (χ0v) is 10.5. The molecular formula is C12H25N3O. The van der Waals surface area contributed by atoms with E-state index in [-0.39, 0.29) is 17.9 Å². The minimum Gasteiger partial charge on any atom is -0.395 e. The van der Waals surface area contributed by atoms with Crippen molar-refractivity contribution in [2.45, 2.75) is 45.6 Å². The third-order valence-corrected chi connectivity index (χ3v) is 3.71. The van der Waals surface area contributed by atoms with Gasteiger partial charge in [0.2, 0.25) is 0 Å². The van der Waals surface area contributed by atoms with Crippen LogP contribution in [0.5, 0.6) is 0 Å². The lowest BCUT2D eigenvalue weighted by Gasteiger charge is -2.36. The van der Waals surface area contributed by atoms with Gasteiger partial charge in [-0.3, -0.25) is 10.3 Å². The van der Waals surface area contributed by atoms with Crippen molar-refractivity contribution in [2.24, 2.45) is 11.1 Å². The molecule has 1 heterocycles. The van der Waals surface area contributed by atoms with E-state index in [1.807, 2.05) is 13.8 Å². The van der Waals surface area contributed by atoms with Crippen LogP contribution in [-0.2, 0) is 0 Å². The molecule has 94 valence electrons. The van der Waals surface area contributed by atoms with E-state index >= 15 is 0 Å². The Labute approximate surface area is 98.3 Å². The fraction of sp³-hybridized carbons (Fsp3) is 0.917. The number of piperidine rings is 1. The summed E-state index contributed by atoms with van der Waals surface area (Å²) in [5.74, 6) is 0.255. The second kappa shape index (κ2) is 5.64. The zero-order chi connectivity index (χ0) is 12.2. The quantitative estimate of drug-likeness (QED) is 0.488. The molecular weight excluding hydrogens is 202 g/mol. The number of aliphatic hydroxyl groups is 1. The van der Waals surface area contributed by atoms with Crippen molar-refractivity contribution in [3.63, 3.8) is 0 Å². The van der Waals surface area contributed by atoms with Gasteiger partial charge in [0.1, 0.15) is 0 Å². The molecule has 1 aliphatic heterocycles. The first-order valence-electron chi connectivity index (χ1n) is 6.17. The Kier molecular flexibility index (Phi) is 4.74. The van der Waals surface area contributed by atoms with Crippen LogP contribution in [-0.4, -0.2) is 41.6 Å². The Morgan fingerprint density at radius 3 is 2.75 bits per heavy atom. The van der Waals surface area contributed by atoms with Gasteiger partial charge in [-0.25, -0.2) is 0 Å². The van der Waals surface area contributed by atoms with Gasteiger partial charge in [-0.15, -0.1) is 0 Å². The molecule has 1 atom stereocenters. The van der Waals surface area contributed by atoms with Crippen LogP contribution in [0.15, 0.2) is 0 Å². The third kappa shape index (κ3) is 3.46. The van der Waals surface area contributed by atoms with E-state index < -0.39 is 0 Å². The molecule has 1 saturated heterocycles. The van der Waals surface area contributed by atoms with Gasteiger partial charge in [0.05, 0.1) is 12.4 Å². The number of nitrogens with one attached hydrogen (secondary N) is 1. The van der Waals surface area contributed by atoms with Crippen LogP contribution >= 0.6 is 0 Å². The Balaban J connectivity index is 2.43. The van der Waals surface area contributed by atoms with Crippen LogP contribution < -0.4 is 5.73 Å². The van der Waals surface area contributed by atoms with E-state index in [0.29, 0.717) is 6.04 Å². The van der Waals surface area contributed by atoms with E-state index in [9.17, 15) is 5.11 Å². The van der Waals surface area contributed by atoms with Crippen LogP contribution in [0.2, 0.25) is 0 Å². The van der Waals surface area contributed by atoms with Crippen molar-refractivity contribution in [1.82, 2.24) is 4.90 Å². The summed E-state index contributed by atoms with van der Waals surface area (Å²) in [6.45, 7) is 6.26. The van der Waals surface area contributed by atoms with Gasteiger partial charge < -0.3 is 10.8 Å². The van der Waals surface area contributed by atoms with Gasteiger partial charge >= 0.3 is 0 Å². The maximum Gasteiger partial charge on any atom is 0.0963 e. The molecule has 0 radical (unpaired) electrons. The highest BCUT2D eigenvalue weighted by molar-refractivity contribution is 5.82. The Hall–Kier alpha value is -0.610. The van der Waals surface area contributed by atoms with Crippen LogP contribution in [0, 0.1) is 10.8 Å². The molecule has 1 rings (SSSR count). The smallest absolute Gasteiger partial charge is 0.0963 e. The van der Waals surface area contributed by atoms with E-state index in [1.54, 1.807) is 0 Å². The number of nitrogens with zero attached hydrogens (tertiary/aromatic N) is 1. The van der Waals surface area contributed by atoms with Crippen LogP contribution in [0.3, 0.4) is 0 Å². The second-order valence-corrected chi connectivity index (χ2v) is 5.42. The minimum atomic E-state index is -0.225. The average molecular weight is 227 g/mol. The van der Waals surface area contributed by atoms with Gasteiger partial charge in [0, 0.05) is 11.5 Å². The lowest BCUT2D eigenvalue weighted by Crippen LogP contribution is -2.44. The monoisotopic (exact) mass is 227 g/mol. The van der Waals surface area contributed by atoms with E-state index in [0.717, 1.165) is 25.9 Å². The first kappa shape index (κ1) is 13.5. The molecule has 1 aliphatic rings. The normalized spacial score (nSPS) is 23.3. The number of hydrogen-bond acceptors (Lipinski definition) is 3. The Bertz CT molecular complexity index is 240. The number of amidine groups is 1. The van der Waals surface area contributed by atoms with Gasteiger partial charge in [0.15, 0.2) is 0 Å². The predicted octanol–water partition coefficient (Wildman–Crippen LogP) is 1.19. The molecule has 4 nitrogen and oxygen atoms in total. The van der Waals surface area contributed by atoms with Crippen molar-refractivity contribution in [3.05, 3.63) is 0 Å². The number of likely N-dealkylation sites (tertiary alicyclic amines) is 1. The summed E-state index contributed by atoms with van der Waals surface area (Å²) in [4.78, 5) is 2.34. The molecule has 1 fully saturated rings. The molecule has 0 saturated carbocycles. The number of nitrogens with two attached hydrogens (primary N) is 1. The molecule has 16 heavy (non-hydrogen) atoms. The fourth-order valence-corrected chi connectivity index (χ4v) is 2.12. The summed E-state index contributed by atoms with van der Waals surface area (Å²) in [5, 5.41) is 16.8. The minimum absolute atomic E-state index is 0.225. The maximum atomic E-state index is 9.29. The van der Waals surface area contributed by atoms with Crippen LogP contribution in [0.4, 0.5) is 0 Å². The molecule has 0 aromatic rings. The molecule has 0 aromatic heterocycles. The summed E-state index contributed by atoms with van der Waals surface area (Å²) in [7, 11) is 0. The summed E-state index contributed by atoms with van der Waals surface area (Å²) in [5.41, 5.74) is 5.34. The first-order valence-corrected chi connectivity index (χ1v) is 6.17. The van der Waals surface area contributed by atoms with Crippen LogP contribution in [0.1, 0.15) is 39.5 Å². The van der Waals surface area contributed by atoms with Crippen molar-refractivity contribution >= 4 is 5.84 Å². The Morgan fingerprint density at radius 1 is 1.50 bits per heavy atom. The van der Waals surface area contributed by atoms with Gasteiger partial charge in [-0.2, -0.15) is 0 Å².